The van der Waals surface area contributed by atoms with Crippen molar-refractivity contribution in [3.8, 4) is 0 Å². The Morgan fingerprint density at radius 3 is 0.647 bits per heavy atom. The minimum atomic E-state index is -4.67. The summed E-state index contributed by atoms with van der Waals surface area (Å²) in [5, 5.41) is 0. The highest BCUT2D eigenvalue weighted by molar-refractivity contribution is 8.17. The Morgan fingerprint density at radius 2 is 0.647 bits per heavy atom. The first-order valence-corrected chi connectivity index (χ1v) is 12.9. The van der Waals surface area contributed by atoms with Crippen molar-refractivity contribution in [2.75, 3.05) is 50.0 Å². The molecular formula is C8H26O6S3. The number of rotatable bonds is 0. The highest BCUT2D eigenvalue weighted by atomic mass is 32.3. The van der Waals surface area contributed by atoms with Gasteiger partial charge in [0.05, 0.1) is 0 Å². The molecule has 0 saturated carbocycles. The van der Waals surface area contributed by atoms with Crippen LogP contribution < -0.4 is 0 Å². The summed E-state index contributed by atoms with van der Waals surface area (Å²) in [4.78, 5) is 0. The summed E-state index contributed by atoms with van der Waals surface area (Å²) in [7, 11) is -8.87. The maximum absolute atomic E-state index is 10.8. The van der Waals surface area contributed by atoms with Crippen LogP contribution in [0.4, 0.5) is 0 Å². The molecule has 17 heavy (non-hydrogen) atoms. The summed E-state index contributed by atoms with van der Waals surface area (Å²) >= 11 is 0. The van der Waals surface area contributed by atoms with Crippen molar-refractivity contribution in [1.29, 1.82) is 0 Å². The molecule has 0 aliphatic carbocycles. The molecule has 0 aromatic rings. The molecule has 0 aromatic carbocycles. The van der Waals surface area contributed by atoms with Gasteiger partial charge in [-0.25, -0.2) is 0 Å². The van der Waals surface area contributed by atoms with Crippen molar-refractivity contribution in [3.63, 3.8) is 0 Å². The average molecular weight is 314 g/mol. The van der Waals surface area contributed by atoms with E-state index in [1.54, 1.807) is 50.0 Å². The summed E-state index contributed by atoms with van der Waals surface area (Å²) in [6.45, 7) is 0. The van der Waals surface area contributed by atoms with E-state index in [0.29, 0.717) is 0 Å². The molecule has 6 nitrogen and oxygen atoms in total. The van der Waals surface area contributed by atoms with Crippen molar-refractivity contribution in [2.45, 2.75) is 0 Å². The van der Waals surface area contributed by atoms with Crippen LogP contribution in [0.5, 0.6) is 0 Å². The van der Waals surface area contributed by atoms with Gasteiger partial charge in [0, 0.05) is 0 Å². The molecule has 0 saturated heterocycles. The first-order chi connectivity index (χ1) is 6.47. The van der Waals surface area contributed by atoms with E-state index in [9.17, 15) is 8.42 Å². The molecule has 9 heteroatoms. The lowest BCUT2D eigenvalue weighted by Gasteiger charge is -2.19. The third-order valence-corrected chi connectivity index (χ3v) is 0. The maximum Gasteiger partial charge on any atom is 0.394 e. The lowest BCUT2D eigenvalue weighted by atomic mass is 11.8. The van der Waals surface area contributed by atoms with E-state index in [-0.39, 0.29) is 0 Å². The fourth-order valence-corrected chi connectivity index (χ4v) is 0. The Morgan fingerprint density at radius 1 is 0.647 bits per heavy atom. The van der Waals surface area contributed by atoms with Crippen LogP contribution in [0.15, 0.2) is 0 Å². The number of hydrogen-bond acceptors (Lipinski definition) is 4. The Labute approximate surface area is 105 Å². The molecule has 0 heterocycles. The van der Waals surface area contributed by atoms with Gasteiger partial charge in [-0.3, -0.25) is 17.5 Å². The van der Waals surface area contributed by atoms with Gasteiger partial charge < -0.3 is 0 Å². The quantitative estimate of drug-likeness (QED) is 0.609. The first kappa shape index (κ1) is 22.4. The SMILES string of the molecule is CS(C)(C)(C)=O.CS(C)(C)(C)=O.O=S(=O)(O)O. The zero-order valence-electron chi connectivity index (χ0n) is 11.8. The lowest BCUT2D eigenvalue weighted by Crippen LogP contribution is -2.23. The second kappa shape index (κ2) is 5.43. The van der Waals surface area contributed by atoms with Crippen LogP contribution in [0.25, 0.3) is 0 Å². The zero-order valence-corrected chi connectivity index (χ0v) is 14.2. The summed E-state index contributed by atoms with van der Waals surface area (Å²) in [5.41, 5.74) is 0. The molecular weight excluding hydrogens is 288 g/mol. The van der Waals surface area contributed by atoms with Crippen LogP contribution in [0.1, 0.15) is 0 Å². The Kier molecular flexibility index (Phi) is 7.15. The van der Waals surface area contributed by atoms with Crippen molar-refractivity contribution < 1.29 is 25.9 Å². The highest BCUT2D eigenvalue weighted by Gasteiger charge is 2.06. The van der Waals surface area contributed by atoms with Gasteiger partial charge in [0.1, 0.15) is 0 Å². The van der Waals surface area contributed by atoms with Crippen molar-refractivity contribution in [2.24, 2.45) is 0 Å². The van der Waals surface area contributed by atoms with Crippen molar-refractivity contribution >= 4 is 28.5 Å². The van der Waals surface area contributed by atoms with E-state index < -0.39 is 28.5 Å². The van der Waals surface area contributed by atoms with Gasteiger partial charge >= 0.3 is 10.4 Å². The molecule has 2 N–H and O–H groups in total. The van der Waals surface area contributed by atoms with Crippen LogP contribution in [-0.2, 0) is 28.5 Å². The van der Waals surface area contributed by atoms with E-state index in [1.165, 1.54) is 0 Å². The Bertz CT molecular complexity index is 376. The molecule has 0 rings (SSSR count). The van der Waals surface area contributed by atoms with Gasteiger partial charge in [0.25, 0.3) is 0 Å². The molecule has 0 aliphatic rings. The summed E-state index contributed by atoms with van der Waals surface area (Å²) in [6.07, 6.45) is 14.1. The van der Waals surface area contributed by atoms with E-state index in [1.807, 2.05) is 0 Å². The van der Waals surface area contributed by atoms with Crippen molar-refractivity contribution in [1.82, 2.24) is 0 Å². The van der Waals surface area contributed by atoms with E-state index in [2.05, 4.69) is 0 Å². The van der Waals surface area contributed by atoms with E-state index in [4.69, 9.17) is 17.5 Å². The minimum absolute atomic E-state index is 1.76. The van der Waals surface area contributed by atoms with Crippen molar-refractivity contribution in [3.05, 3.63) is 0 Å². The summed E-state index contributed by atoms with van der Waals surface area (Å²) in [5.74, 6) is 0. The number of hydrogen-bond donors (Lipinski definition) is 2. The summed E-state index contributed by atoms with van der Waals surface area (Å²) in [6, 6.07) is 0. The van der Waals surface area contributed by atoms with E-state index >= 15 is 0 Å². The largest absolute Gasteiger partial charge is 0.394 e. The fourth-order valence-electron chi connectivity index (χ4n) is 0. The predicted molar refractivity (Wildman–Crippen MR) is 77.9 cm³/mol. The van der Waals surface area contributed by atoms with Crippen LogP contribution in [-0.4, -0.2) is 76.0 Å². The molecule has 0 atom stereocenters. The third-order valence-electron chi connectivity index (χ3n) is 0. The molecule has 0 fully saturated rings. The molecule has 0 amide bonds. The Balaban J connectivity index is -0.000000174. The van der Waals surface area contributed by atoms with Gasteiger partial charge in [0.2, 0.25) is 0 Å². The minimum Gasteiger partial charge on any atom is -0.283 e. The van der Waals surface area contributed by atoms with Gasteiger partial charge in [-0.15, -0.1) is 18.1 Å². The van der Waals surface area contributed by atoms with Crippen LogP contribution in [0.3, 0.4) is 0 Å². The lowest BCUT2D eigenvalue weighted by molar-refractivity contribution is 0.381. The second-order valence-corrected chi connectivity index (χ2v) is 20.0. The topological polar surface area (TPSA) is 109 Å². The molecule has 0 unspecified atom stereocenters. The normalized spacial score (nSPS) is 16.8. The van der Waals surface area contributed by atoms with Crippen LogP contribution in [0, 0.1) is 0 Å². The van der Waals surface area contributed by atoms with Gasteiger partial charge in [-0.05, 0) is 50.0 Å². The van der Waals surface area contributed by atoms with Gasteiger partial charge in [-0.1, -0.05) is 0 Å². The monoisotopic (exact) mass is 314 g/mol. The van der Waals surface area contributed by atoms with Crippen LogP contribution in [0.2, 0.25) is 0 Å². The Hall–Kier alpha value is 0.170. The standard InChI is InChI=1S/2C4H12OS.H2O4S/c2*1-6(2,3,4)5;1-5(2,3)4/h2*1-4H3;(H2,1,2,3,4). The maximum atomic E-state index is 10.8. The van der Waals surface area contributed by atoms with Gasteiger partial charge in [-0.2, -0.15) is 8.42 Å². The first-order valence-electron chi connectivity index (χ1n) is 4.30. The summed E-state index contributed by atoms with van der Waals surface area (Å²) < 4.78 is 53.2. The fraction of sp³-hybridized carbons (Fsp3) is 1.00. The molecule has 0 spiro atoms. The molecule has 0 radical (unpaired) electrons. The zero-order chi connectivity index (χ0) is 15.4. The smallest absolute Gasteiger partial charge is 0.283 e. The highest BCUT2D eigenvalue weighted by Crippen LogP contribution is 2.02. The second-order valence-electron chi connectivity index (χ2n) is 6.68. The molecule has 0 aromatic heterocycles. The average Bonchev–Trinajstić information content (AvgIpc) is 1.33. The molecule has 0 aliphatic heterocycles. The molecule has 0 bridgehead atoms. The van der Waals surface area contributed by atoms with Crippen LogP contribution >= 0.6 is 0 Å². The molecule has 112 valence electrons. The van der Waals surface area contributed by atoms with Gasteiger partial charge in [0.15, 0.2) is 0 Å². The predicted octanol–water partition coefficient (Wildman–Crippen LogP) is -0.00140. The third kappa shape index (κ3) is 112000. The van der Waals surface area contributed by atoms with E-state index in [0.717, 1.165) is 0 Å².